The summed E-state index contributed by atoms with van der Waals surface area (Å²) in [5, 5.41) is 2.76. The first-order valence-electron chi connectivity index (χ1n) is 20.1. The molecule has 5 unspecified atom stereocenters. The third-order valence-electron chi connectivity index (χ3n) is 11.3. The van der Waals surface area contributed by atoms with Crippen LogP contribution in [0.3, 0.4) is 0 Å². The van der Waals surface area contributed by atoms with Crippen LogP contribution in [0.15, 0.2) is 48.6 Å². The Balaban J connectivity index is 1.05. The summed E-state index contributed by atoms with van der Waals surface area (Å²) in [6.07, 6.45) is 11.8. The molecule has 4 N–H and O–H groups in total. The Bertz CT molecular complexity index is 1920. The molecule has 3 aliphatic carbocycles. The first kappa shape index (κ1) is 41.2. The summed E-state index contributed by atoms with van der Waals surface area (Å²) in [6, 6.07) is 10.2. The van der Waals surface area contributed by atoms with E-state index in [1.807, 2.05) is 42.5 Å². The van der Waals surface area contributed by atoms with E-state index < -0.39 is 62.4 Å². The minimum Gasteiger partial charge on any atom is -0.472 e. The number of hydrogen-bond acceptors (Lipinski definition) is 9. The van der Waals surface area contributed by atoms with Gasteiger partial charge in [-0.05, 0) is 109 Å². The molecule has 0 spiro atoms. The van der Waals surface area contributed by atoms with Crippen LogP contribution in [0.5, 0.6) is 5.88 Å². The Kier molecular flexibility index (Phi) is 12.5. The van der Waals surface area contributed by atoms with E-state index in [0.29, 0.717) is 38.0 Å². The van der Waals surface area contributed by atoms with Crippen molar-refractivity contribution in [1.82, 2.24) is 19.9 Å². The fraction of sp³-hybridized carbons (Fsp3) is 0.595. The van der Waals surface area contributed by atoms with Crippen LogP contribution in [0.4, 0.5) is 4.79 Å². The highest BCUT2D eigenvalue weighted by Gasteiger charge is 2.52. The molecule has 0 radical (unpaired) electrons. The predicted octanol–water partition coefficient (Wildman–Crippen LogP) is 5.50. The maximum Gasteiger partial charge on any atom is 0.408 e. The van der Waals surface area contributed by atoms with Crippen molar-refractivity contribution >= 4 is 33.8 Å². The summed E-state index contributed by atoms with van der Waals surface area (Å²) in [4.78, 5) is 58.8. The number of rotatable bonds is 16. The van der Waals surface area contributed by atoms with E-state index in [2.05, 4.69) is 16.1 Å². The Morgan fingerprint density at radius 2 is 1.79 bits per heavy atom. The minimum absolute atomic E-state index is 0.0257. The van der Waals surface area contributed by atoms with Gasteiger partial charge >= 0.3 is 6.09 Å². The quantitative estimate of drug-likeness (QED) is 0.146. The number of primary amides is 1. The number of aromatic nitrogens is 1. The van der Waals surface area contributed by atoms with E-state index in [1.165, 1.54) is 10.5 Å². The highest BCUT2D eigenvalue weighted by molar-refractivity contribution is 7.91. The fourth-order valence-electron chi connectivity index (χ4n) is 7.59. The Hall–Kier alpha value is -4.46. The van der Waals surface area contributed by atoms with Gasteiger partial charge in [-0.15, -0.1) is 0 Å². The minimum atomic E-state index is -3.64. The molecule has 2 heterocycles. The van der Waals surface area contributed by atoms with Gasteiger partial charge in [-0.2, -0.15) is 0 Å². The third-order valence-corrected chi connectivity index (χ3v) is 13.4. The van der Waals surface area contributed by atoms with E-state index in [1.54, 1.807) is 27.7 Å². The first-order chi connectivity index (χ1) is 26.5. The van der Waals surface area contributed by atoms with Gasteiger partial charge in [0.15, 0.2) is 0 Å². The number of nitrogens with zero attached hydrogens (tertiary/aromatic N) is 2. The molecule has 1 aromatic carbocycles. The van der Waals surface area contributed by atoms with Crippen LogP contribution in [0.25, 0.3) is 11.3 Å². The number of fused-ring (bicyclic) bond motifs is 1. The molecule has 13 nitrogen and oxygen atoms in total. The molecule has 14 heteroatoms. The number of carbonyl (C=O) groups excluding carboxylic acids is 4. The lowest BCUT2D eigenvalue weighted by Gasteiger charge is -2.29. The van der Waals surface area contributed by atoms with Crippen molar-refractivity contribution in [3.8, 4) is 17.1 Å². The Labute approximate surface area is 330 Å². The van der Waals surface area contributed by atoms with Crippen LogP contribution in [0.1, 0.15) is 109 Å². The molecule has 3 fully saturated rings. The second kappa shape index (κ2) is 17.0. The number of sulfonamides is 1. The van der Waals surface area contributed by atoms with Crippen molar-refractivity contribution in [2.45, 2.75) is 140 Å². The highest BCUT2D eigenvalue weighted by atomic mass is 32.2. The maximum atomic E-state index is 14.2. The summed E-state index contributed by atoms with van der Waals surface area (Å²) in [7, 11) is -3.64. The van der Waals surface area contributed by atoms with Crippen LogP contribution in [-0.4, -0.2) is 77.2 Å². The number of benzene rings is 1. The molecule has 1 aromatic heterocycles. The van der Waals surface area contributed by atoms with Crippen molar-refractivity contribution in [2.75, 3.05) is 6.54 Å². The number of aryl methyl sites for hydroxylation is 1. The van der Waals surface area contributed by atoms with Crippen LogP contribution in [0.2, 0.25) is 0 Å². The smallest absolute Gasteiger partial charge is 0.408 e. The van der Waals surface area contributed by atoms with Crippen LogP contribution < -0.4 is 20.5 Å². The number of nitrogens with one attached hydrogen (secondary N) is 2. The maximum absolute atomic E-state index is 14.2. The fourth-order valence-corrected chi connectivity index (χ4v) is 8.89. The third kappa shape index (κ3) is 10.3. The lowest BCUT2D eigenvalue weighted by Crippen LogP contribution is -2.53. The van der Waals surface area contributed by atoms with Gasteiger partial charge in [0.1, 0.15) is 23.8 Å². The molecule has 304 valence electrons. The molecule has 56 heavy (non-hydrogen) atoms. The molecule has 5 atom stereocenters. The number of hydrogen-bond donors (Lipinski definition) is 3. The average molecular weight is 792 g/mol. The van der Waals surface area contributed by atoms with Gasteiger partial charge in [0.05, 0.1) is 17.0 Å². The topological polar surface area (TPSA) is 187 Å². The Morgan fingerprint density at radius 1 is 1.05 bits per heavy atom. The molecule has 0 bridgehead atoms. The molecule has 6 rings (SSSR count). The van der Waals surface area contributed by atoms with Gasteiger partial charge in [0.25, 0.3) is 0 Å². The number of likely N-dealkylation sites (tertiary alicyclic amines) is 1. The molecule has 1 saturated heterocycles. The van der Waals surface area contributed by atoms with Gasteiger partial charge in [0, 0.05) is 23.5 Å². The summed E-state index contributed by atoms with van der Waals surface area (Å²) in [5.41, 5.74) is 9.14. The zero-order valence-electron chi connectivity index (χ0n) is 33.1. The van der Waals surface area contributed by atoms with Crippen LogP contribution in [-0.2, 0) is 42.0 Å². The van der Waals surface area contributed by atoms with E-state index in [0.717, 1.165) is 61.8 Å². The standard InChI is InChI=1S/C42H57N5O8S/c1-41(2,3)55-40(51)45-33(20-12-7-5-6-9-17-28-23-32(28)37(49)46-56(52,53)42(4)21-22-42)39(50)47-26-30(25-35(47)36(43)48)54-38-31-19-14-13-18-29(31)24-34(44-38)27-15-10-8-11-16-27/h8-11,15-17,24,28,30,32-33,35H,5-7,12-14,18-23,25-26H2,1-4H3,(H2,43,48)(H,45,51)(H,46,49). The molecule has 2 saturated carbocycles. The van der Waals surface area contributed by atoms with Crippen molar-refractivity contribution in [2.24, 2.45) is 17.6 Å². The van der Waals surface area contributed by atoms with Crippen molar-refractivity contribution < 1.29 is 37.1 Å². The number of pyridine rings is 1. The monoisotopic (exact) mass is 791 g/mol. The lowest BCUT2D eigenvalue weighted by atomic mass is 9.91. The van der Waals surface area contributed by atoms with Crippen molar-refractivity contribution in [3.63, 3.8) is 0 Å². The molecule has 2 aromatic rings. The van der Waals surface area contributed by atoms with Crippen LogP contribution >= 0.6 is 0 Å². The SMILES string of the molecule is CC(C)(C)OC(=O)NC(CCCCCC=CC1CC1C(=O)NS(=O)(=O)C1(C)CC1)C(=O)N1CC(Oc2nc(-c3ccccc3)cc3c2CCCC3)CC1C(N)=O. The summed E-state index contributed by atoms with van der Waals surface area (Å²) < 4.78 is 38.3. The van der Waals surface area contributed by atoms with Crippen LogP contribution in [0, 0.1) is 11.8 Å². The second-order valence-corrected chi connectivity index (χ2v) is 19.3. The van der Waals surface area contributed by atoms with Crippen molar-refractivity contribution in [1.29, 1.82) is 0 Å². The molecular weight excluding hydrogens is 735 g/mol. The highest BCUT2D eigenvalue weighted by Crippen LogP contribution is 2.44. The van der Waals surface area contributed by atoms with E-state index in [4.69, 9.17) is 20.2 Å². The largest absolute Gasteiger partial charge is 0.472 e. The number of alkyl carbamates (subject to hydrolysis) is 1. The number of allylic oxidation sites excluding steroid dienone is 2. The summed E-state index contributed by atoms with van der Waals surface area (Å²) in [6.45, 7) is 7.00. The number of nitrogens with two attached hydrogens (primary N) is 1. The number of ether oxygens (including phenoxy) is 2. The van der Waals surface area contributed by atoms with E-state index in [-0.39, 0.29) is 24.8 Å². The lowest BCUT2D eigenvalue weighted by molar-refractivity contribution is -0.139. The molecule has 1 aliphatic heterocycles. The zero-order chi connectivity index (χ0) is 40.3. The average Bonchev–Trinajstić information content (AvgIpc) is 4.06. The number of unbranched alkanes of at least 4 members (excludes halogenated alkanes) is 3. The van der Waals surface area contributed by atoms with Gasteiger partial charge in [-0.3, -0.25) is 19.1 Å². The van der Waals surface area contributed by atoms with E-state index in [9.17, 15) is 27.6 Å². The molecule has 4 amide bonds. The van der Waals surface area contributed by atoms with Gasteiger partial charge in [0.2, 0.25) is 33.6 Å². The number of amides is 4. The van der Waals surface area contributed by atoms with Gasteiger partial charge in [-0.25, -0.2) is 18.2 Å². The van der Waals surface area contributed by atoms with E-state index >= 15 is 0 Å². The summed E-state index contributed by atoms with van der Waals surface area (Å²) in [5.74, 6) is -1.27. The Morgan fingerprint density at radius 3 is 2.48 bits per heavy atom. The molecular formula is C42H57N5O8S. The summed E-state index contributed by atoms with van der Waals surface area (Å²) >= 11 is 0. The zero-order valence-corrected chi connectivity index (χ0v) is 33.9. The first-order valence-corrected chi connectivity index (χ1v) is 21.6. The number of carbonyl (C=O) groups is 4. The van der Waals surface area contributed by atoms with Gasteiger partial charge < -0.3 is 25.4 Å². The molecule has 4 aliphatic rings. The van der Waals surface area contributed by atoms with Gasteiger partial charge in [-0.1, -0.05) is 55.3 Å². The normalized spacial score (nSPS) is 23.2. The second-order valence-electron chi connectivity index (χ2n) is 17.1. The van der Waals surface area contributed by atoms with Crippen molar-refractivity contribution in [3.05, 3.63) is 59.7 Å². The predicted molar refractivity (Wildman–Crippen MR) is 212 cm³/mol.